The van der Waals surface area contributed by atoms with Gasteiger partial charge in [0.25, 0.3) is 5.91 Å². The van der Waals surface area contributed by atoms with Crippen LogP contribution in [0.2, 0.25) is 0 Å². The number of rotatable bonds is 6. The van der Waals surface area contributed by atoms with Crippen LogP contribution < -0.4 is 10.9 Å². The Kier molecular flexibility index (Phi) is 6.22. The van der Waals surface area contributed by atoms with Crippen LogP contribution in [-0.2, 0) is 17.6 Å². The minimum atomic E-state index is -0.353. The topological polar surface area (TPSA) is 84.2 Å². The highest BCUT2D eigenvalue weighted by Crippen LogP contribution is 2.21. The Morgan fingerprint density at radius 1 is 1.00 bits per heavy atom. The third kappa shape index (κ3) is 5.07. The van der Waals surface area contributed by atoms with Crippen molar-refractivity contribution in [2.24, 2.45) is 0 Å². The molecule has 0 bridgehead atoms. The number of aromatic nitrogens is 1. The lowest BCUT2D eigenvalue weighted by molar-refractivity contribution is -0.121. The number of nitrogens with zero attached hydrogens (tertiary/aromatic N) is 1. The molecule has 144 valence electrons. The van der Waals surface area contributed by atoms with Gasteiger partial charge in [-0.3, -0.25) is 20.4 Å². The van der Waals surface area contributed by atoms with Gasteiger partial charge in [-0.2, -0.15) is 0 Å². The number of aryl methyl sites for hydroxylation is 3. The molecule has 6 heteroatoms. The van der Waals surface area contributed by atoms with E-state index in [0.29, 0.717) is 23.6 Å². The highest BCUT2D eigenvalue weighted by Gasteiger charge is 2.10. The van der Waals surface area contributed by atoms with Crippen molar-refractivity contribution < 1.29 is 14.0 Å². The molecule has 0 saturated heterocycles. The van der Waals surface area contributed by atoms with Gasteiger partial charge in [-0.15, -0.1) is 0 Å². The average Bonchev–Trinajstić information content (AvgIpc) is 3.20. The Balaban J connectivity index is 1.46. The molecule has 1 heterocycles. The van der Waals surface area contributed by atoms with E-state index in [0.717, 1.165) is 17.5 Å². The normalized spacial score (nSPS) is 10.5. The van der Waals surface area contributed by atoms with Gasteiger partial charge < -0.3 is 4.42 Å². The third-order valence-electron chi connectivity index (χ3n) is 4.40. The molecule has 3 aromatic rings. The van der Waals surface area contributed by atoms with Crippen LogP contribution in [0, 0.1) is 6.92 Å². The van der Waals surface area contributed by atoms with Gasteiger partial charge in [-0.1, -0.05) is 48.9 Å². The molecule has 0 atom stereocenters. The number of hydrogen-bond donors (Lipinski definition) is 2. The number of carbonyl (C=O) groups excluding carboxylic acids is 2. The second kappa shape index (κ2) is 8.99. The first-order valence-corrected chi connectivity index (χ1v) is 9.25. The Morgan fingerprint density at radius 3 is 2.39 bits per heavy atom. The molecule has 0 spiro atoms. The van der Waals surface area contributed by atoms with Crippen molar-refractivity contribution in [2.75, 3.05) is 0 Å². The van der Waals surface area contributed by atoms with E-state index in [9.17, 15) is 9.59 Å². The van der Waals surface area contributed by atoms with Crippen LogP contribution in [0.15, 0.2) is 59.1 Å². The first-order chi connectivity index (χ1) is 13.5. The van der Waals surface area contributed by atoms with Gasteiger partial charge in [0, 0.05) is 24.0 Å². The van der Waals surface area contributed by atoms with Gasteiger partial charge in [0.05, 0.1) is 6.20 Å². The smallest absolute Gasteiger partial charge is 0.269 e. The molecule has 6 nitrogen and oxygen atoms in total. The summed E-state index contributed by atoms with van der Waals surface area (Å²) in [5.41, 5.74) is 8.59. The van der Waals surface area contributed by atoms with Crippen molar-refractivity contribution in [1.29, 1.82) is 0 Å². The Labute approximate surface area is 164 Å². The predicted octanol–water partition coefficient (Wildman–Crippen LogP) is 3.61. The van der Waals surface area contributed by atoms with Crippen molar-refractivity contribution in [2.45, 2.75) is 33.1 Å². The summed E-state index contributed by atoms with van der Waals surface area (Å²) in [6.07, 6.45) is 3.06. The summed E-state index contributed by atoms with van der Waals surface area (Å²) < 4.78 is 5.70. The van der Waals surface area contributed by atoms with Crippen molar-refractivity contribution in [3.8, 4) is 11.3 Å². The maximum Gasteiger partial charge on any atom is 0.269 e. The highest BCUT2D eigenvalue weighted by atomic mass is 16.4. The molecular weight excluding hydrogens is 354 g/mol. The van der Waals surface area contributed by atoms with Gasteiger partial charge in [-0.05, 0) is 31.0 Å². The highest BCUT2D eigenvalue weighted by molar-refractivity contribution is 5.95. The molecule has 0 unspecified atom stereocenters. The van der Waals surface area contributed by atoms with E-state index in [2.05, 4.69) is 15.8 Å². The number of nitrogens with one attached hydrogen (secondary N) is 2. The lowest BCUT2D eigenvalue weighted by Gasteiger charge is -2.07. The number of hydrogen-bond acceptors (Lipinski definition) is 4. The fraction of sp³-hybridized carbons (Fsp3) is 0.227. The first-order valence-electron chi connectivity index (χ1n) is 9.25. The van der Waals surface area contributed by atoms with Crippen molar-refractivity contribution in [1.82, 2.24) is 15.8 Å². The van der Waals surface area contributed by atoms with Gasteiger partial charge in [-0.25, -0.2) is 4.98 Å². The molecule has 2 amide bonds. The Bertz CT molecular complexity index is 944. The van der Waals surface area contributed by atoms with E-state index in [1.807, 2.05) is 50.2 Å². The van der Waals surface area contributed by atoms with Gasteiger partial charge in [0.2, 0.25) is 5.91 Å². The van der Waals surface area contributed by atoms with Crippen molar-refractivity contribution in [3.63, 3.8) is 0 Å². The molecule has 28 heavy (non-hydrogen) atoms. The summed E-state index contributed by atoms with van der Waals surface area (Å²) in [6.45, 7) is 4.07. The van der Waals surface area contributed by atoms with E-state index in [-0.39, 0.29) is 18.2 Å². The largest absolute Gasteiger partial charge is 0.441 e. The molecule has 0 aliphatic carbocycles. The summed E-state index contributed by atoms with van der Waals surface area (Å²) in [4.78, 5) is 28.2. The minimum Gasteiger partial charge on any atom is -0.441 e. The van der Waals surface area contributed by atoms with Crippen LogP contribution in [0.3, 0.4) is 0 Å². The molecule has 1 aromatic heterocycles. The number of amides is 2. The van der Waals surface area contributed by atoms with E-state index in [1.54, 1.807) is 18.3 Å². The van der Waals surface area contributed by atoms with E-state index < -0.39 is 0 Å². The number of hydrazine groups is 1. The van der Waals surface area contributed by atoms with Gasteiger partial charge >= 0.3 is 0 Å². The molecule has 0 radical (unpaired) electrons. The van der Waals surface area contributed by atoms with Crippen molar-refractivity contribution >= 4 is 11.8 Å². The van der Waals surface area contributed by atoms with Crippen LogP contribution in [0.25, 0.3) is 11.3 Å². The summed E-state index contributed by atoms with van der Waals surface area (Å²) >= 11 is 0. The summed E-state index contributed by atoms with van der Waals surface area (Å²) in [6, 6.07) is 15.2. The molecule has 0 saturated carbocycles. The second-order valence-corrected chi connectivity index (χ2v) is 6.54. The van der Waals surface area contributed by atoms with E-state index >= 15 is 0 Å². The molecule has 0 aliphatic rings. The first kappa shape index (κ1) is 19.4. The van der Waals surface area contributed by atoms with Crippen LogP contribution in [0.1, 0.15) is 40.7 Å². The monoisotopic (exact) mass is 377 g/mol. The number of benzene rings is 2. The SMILES string of the molecule is CCc1ccc(C(=O)NNC(=O)CCc2ncc(-c3ccc(C)cc3)o2)cc1. The molecular formula is C22H23N3O3. The zero-order valence-corrected chi connectivity index (χ0v) is 16.0. The predicted molar refractivity (Wildman–Crippen MR) is 106 cm³/mol. The Hall–Kier alpha value is -3.41. The molecule has 2 N–H and O–H groups in total. The summed E-state index contributed by atoms with van der Waals surface area (Å²) in [5.74, 6) is 0.480. The average molecular weight is 377 g/mol. The Morgan fingerprint density at radius 2 is 1.71 bits per heavy atom. The number of oxazole rings is 1. The van der Waals surface area contributed by atoms with Crippen LogP contribution in [0.4, 0.5) is 0 Å². The zero-order chi connectivity index (χ0) is 19.9. The minimum absolute atomic E-state index is 0.156. The van der Waals surface area contributed by atoms with Crippen LogP contribution in [-0.4, -0.2) is 16.8 Å². The zero-order valence-electron chi connectivity index (χ0n) is 16.0. The molecule has 3 rings (SSSR count). The summed E-state index contributed by atoms with van der Waals surface area (Å²) in [7, 11) is 0. The van der Waals surface area contributed by atoms with E-state index in [4.69, 9.17) is 4.42 Å². The maximum absolute atomic E-state index is 12.1. The standard InChI is InChI=1S/C22H23N3O3/c1-3-16-6-10-18(11-7-16)22(27)25-24-20(26)12-13-21-23-14-19(28-21)17-8-4-15(2)5-9-17/h4-11,14H,3,12-13H2,1-2H3,(H,24,26)(H,25,27). The van der Waals surface area contributed by atoms with Crippen molar-refractivity contribution in [3.05, 3.63) is 77.3 Å². The van der Waals surface area contributed by atoms with Gasteiger partial charge in [0.1, 0.15) is 0 Å². The van der Waals surface area contributed by atoms with E-state index in [1.165, 1.54) is 5.56 Å². The fourth-order valence-corrected chi connectivity index (χ4v) is 2.65. The second-order valence-electron chi connectivity index (χ2n) is 6.54. The van der Waals surface area contributed by atoms with Gasteiger partial charge in [0.15, 0.2) is 11.7 Å². The van der Waals surface area contributed by atoms with Crippen LogP contribution >= 0.6 is 0 Å². The lowest BCUT2D eigenvalue weighted by atomic mass is 10.1. The lowest BCUT2D eigenvalue weighted by Crippen LogP contribution is -2.41. The van der Waals surface area contributed by atoms with Crippen LogP contribution in [0.5, 0.6) is 0 Å². The molecule has 2 aromatic carbocycles. The maximum atomic E-state index is 12.1. The fourth-order valence-electron chi connectivity index (χ4n) is 2.65. The third-order valence-corrected chi connectivity index (χ3v) is 4.40. The quantitative estimate of drug-likeness (QED) is 0.643. The summed E-state index contributed by atoms with van der Waals surface area (Å²) in [5, 5.41) is 0. The molecule has 0 fully saturated rings. The molecule has 0 aliphatic heterocycles. The number of carbonyl (C=O) groups is 2.